The topological polar surface area (TPSA) is 32.8 Å². The lowest BCUT2D eigenvalue weighted by Gasteiger charge is -2.09. The summed E-state index contributed by atoms with van der Waals surface area (Å²) in [5, 5.41) is 1.35. The number of rotatable bonds is 1. The third kappa shape index (κ3) is 2.08. The summed E-state index contributed by atoms with van der Waals surface area (Å²) in [6.45, 7) is 1.03. The molecule has 4 nitrogen and oxygen atoms in total. The van der Waals surface area contributed by atoms with Crippen molar-refractivity contribution in [1.29, 1.82) is 0 Å². The van der Waals surface area contributed by atoms with Crippen molar-refractivity contribution in [3.8, 4) is 0 Å². The van der Waals surface area contributed by atoms with E-state index in [2.05, 4.69) is 4.90 Å². The fourth-order valence-corrected chi connectivity index (χ4v) is 2.61. The molecule has 16 heavy (non-hydrogen) atoms. The fourth-order valence-electron chi connectivity index (χ4n) is 1.39. The minimum Gasteiger partial charge on any atom is -0.426 e. The van der Waals surface area contributed by atoms with E-state index < -0.39 is 0 Å². The SMILES string of the molecule is CN1C(=O)/C(=C\C=C2\SCCN2C)OC1=S. The third-order valence-electron chi connectivity index (χ3n) is 2.42. The second-order valence-corrected chi connectivity index (χ2v) is 5.00. The van der Waals surface area contributed by atoms with E-state index in [1.54, 1.807) is 24.9 Å². The molecule has 0 aromatic carbocycles. The molecule has 2 fully saturated rings. The molecule has 0 bridgehead atoms. The minimum absolute atomic E-state index is 0.188. The van der Waals surface area contributed by atoms with Crippen LogP contribution in [-0.4, -0.2) is 47.3 Å². The quantitative estimate of drug-likeness (QED) is 0.519. The maximum atomic E-state index is 11.6. The number of hydrogen-bond acceptors (Lipinski definition) is 5. The van der Waals surface area contributed by atoms with Crippen LogP contribution in [0.5, 0.6) is 0 Å². The monoisotopic (exact) mass is 256 g/mol. The molecular weight excluding hydrogens is 244 g/mol. The smallest absolute Gasteiger partial charge is 0.296 e. The van der Waals surface area contributed by atoms with Crippen LogP contribution >= 0.6 is 24.0 Å². The van der Waals surface area contributed by atoms with Gasteiger partial charge in [-0.25, -0.2) is 0 Å². The van der Waals surface area contributed by atoms with E-state index in [1.807, 2.05) is 13.1 Å². The molecule has 0 aliphatic carbocycles. The number of nitrogens with zero attached hydrogens (tertiary/aromatic N) is 2. The van der Waals surface area contributed by atoms with Crippen LogP contribution in [0.4, 0.5) is 0 Å². The molecule has 0 saturated carbocycles. The summed E-state index contributed by atoms with van der Waals surface area (Å²) < 4.78 is 5.18. The van der Waals surface area contributed by atoms with E-state index in [1.165, 1.54) is 4.90 Å². The van der Waals surface area contributed by atoms with Crippen molar-refractivity contribution in [1.82, 2.24) is 9.80 Å². The van der Waals surface area contributed by atoms with Gasteiger partial charge in [0.05, 0.1) is 5.03 Å². The summed E-state index contributed by atoms with van der Waals surface area (Å²) in [6.07, 6.45) is 3.58. The van der Waals surface area contributed by atoms with Gasteiger partial charge in [-0.1, -0.05) is 0 Å². The molecule has 2 rings (SSSR count). The molecule has 0 radical (unpaired) electrons. The second-order valence-electron chi connectivity index (χ2n) is 3.54. The molecule has 0 aromatic heterocycles. The highest BCUT2D eigenvalue weighted by Crippen LogP contribution is 2.26. The Morgan fingerprint density at radius 2 is 2.19 bits per heavy atom. The summed E-state index contributed by atoms with van der Waals surface area (Å²) in [7, 11) is 3.63. The van der Waals surface area contributed by atoms with Gasteiger partial charge < -0.3 is 9.64 Å². The Labute approximate surface area is 104 Å². The molecule has 86 valence electrons. The molecule has 1 amide bonds. The van der Waals surface area contributed by atoms with Gasteiger partial charge in [0.1, 0.15) is 0 Å². The van der Waals surface area contributed by atoms with E-state index in [9.17, 15) is 4.79 Å². The lowest BCUT2D eigenvalue weighted by molar-refractivity contribution is -0.122. The van der Waals surface area contributed by atoms with Crippen LogP contribution in [0.25, 0.3) is 0 Å². The van der Waals surface area contributed by atoms with Crippen molar-refractivity contribution < 1.29 is 9.53 Å². The molecular formula is C10H12N2O2S2. The normalized spacial score (nSPS) is 26.1. The van der Waals surface area contributed by atoms with Gasteiger partial charge in [-0.2, -0.15) is 0 Å². The Kier molecular flexibility index (Phi) is 3.20. The number of thioether (sulfide) groups is 1. The average Bonchev–Trinajstić information content (AvgIpc) is 2.76. The number of thiocarbonyl (C=S) groups is 1. The van der Waals surface area contributed by atoms with Gasteiger partial charge in [0, 0.05) is 26.4 Å². The van der Waals surface area contributed by atoms with Crippen LogP contribution in [0.2, 0.25) is 0 Å². The van der Waals surface area contributed by atoms with Crippen LogP contribution in [-0.2, 0) is 9.53 Å². The van der Waals surface area contributed by atoms with Crippen LogP contribution in [0.15, 0.2) is 22.9 Å². The number of hydrogen-bond donors (Lipinski definition) is 0. The number of ether oxygens (including phenoxy) is 1. The summed E-state index contributed by atoms with van der Waals surface area (Å²) in [6, 6.07) is 0. The van der Waals surface area contributed by atoms with Gasteiger partial charge in [-0.15, -0.1) is 11.8 Å². The molecule has 0 N–H and O–H groups in total. The van der Waals surface area contributed by atoms with Crippen molar-refractivity contribution in [3.63, 3.8) is 0 Å². The van der Waals surface area contributed by atoms with Gasteiger partial charge in [0.25, 0.3) is 11.1 Å². The van der Waals surface area contributed by atoms with E-state index >= 15 is 0 Å². The van der Waals surface area contributed by atoms with Crippen molar-refractivity contribution in [2.75, 3.05) is 26.4 Å². The summed E-state index contributed by atoms with van der Waals surface area (Å²) in [5.74, 6) is 1.19. The summed E-state index contributed by atoms with van der Waals surface area (Å²) in [5.41, 5.74) is 0. The van der Waals surface area contributed by atoms with Crippen LogP contribution in [0.1, 0.15) is 0 Å². The van der Waals surface area contributed by atoms with Gasteiger partial charge in [0.2, 0.25) is 0 Å². The predicted octanol–water partition coefficient (Wildman–Crippen LogP) is 1.16. The molecule has 2 saturated heterocycles. The van der Waals surface area contributed by atoms with Crippen molar-refractivity contribution in [2.45, 2.75) is 0 Å². The molecule has 0 aromatic rings. The van der Waals surface area contributed by atoms with Crippen molar-refractivity contribution in [2.24, 2.45) is 0 Å². The number of amides is 1. The maximum absolute atomic E-state index is 11.6. The minimum atomic E-state index is -0.188. The van der Waals surface area contributed by atoms with Gasteiger partial charge in [-0.05, 0) is 24.4 Å². The Morgan fingerprint density at radius 1 is 1.44 bits per heavy atom. The molecule has 2 heterocycles. The molecule has 2 aliphatic heterocycles. The first-order valence-corrected chi connectivity index (χ1v) is 6.25. The Balaban J connectivity index is 2.14. The molecule has 2 aliphatic rings. The lowest BCUT2D eigenvalue weighted by atomic mass is 10.4. The van der Waals surface area contributed by atoms with Gasteiger partial charge >= 0.3 is 0 Å². The first-order chi connectivity index (χ1) is 7.59. The van der Waals surface area contributed by atoms with Crippen LogP contribution in [0, 0.1) is 0 Å². The Morgan fingerprint density at radius 3 is 2.69 bits per heavy atom. The molecule has 0 atom stereocenters. The zero-order valence-corrected chi connectivity index (χ0v) is 10.7. The number of allylic oxidation sites excluding steroid dienone is 2. The highest BCUT2D eigenvalue weighted by Gasteiger charge is 2.29. The summed E-state index contributed by atoms with van der Waals surface area (Å²) in [4.78, 5) is 15.1. The first kappa shape index (κ1) is 11.5. The number of carbonyl (C=O) groups excluding carboxylic acids is 1. The molecule has 0 spiro atoms. The summed E-state index contributed by atoms with van der Waals surface area (Å²) >= 11 is 6.64. The lowest BCUT2D eigenvalue weighted by Crippen LogP contribution is -2.22. The highest BCUT2D eigenvalue weighted by atomic mass is 32.2. The largest absolute Gasteiger partial charge is 0.426 e. The third-order valence-corrected chi connectivity index (χ3v) is 3.90. The Bertz CT molecular complexity index is 404. The zero-order valence-electron chi connectivity index (χ0n) is 9.10. The maximum Gasteiger partial charge on any atom is 0.296 e. The van der Waals surface area contributed by atoms with E-state index in [4.69, 9.17) is 17.0 Å². The standard InChI is InChI=1S/C10H12N2O2S2/c1-11-5-6-16-8(11)4-3-7-9(13)12(2)10(15)14-7/h3-4H,5-6H2,1-2H3/b7-3+,8-4+. The molecule has 0 unspecified atom stereocenters. The Hall–Kier alpha value is -1.01. The van der Waals surface area contributed by atoms with Crippen LogP contribution < -0.4 is 0 Å². The van der Waals surface area contributed by atoms with Crippen LogP contribution in [0.3, 0.4) is 0 Å². The average molecular weight is 256 g/mol. The predicted molar refractivity (Wildman–Crippen MR) is 67.7 cm³/mol. The number of carbonyl (C=O) groups is 1. The van der Waals surface area contributed by atoms with Crippen molar-refractivity contribution >= 4 is 35.1 Å². The van der Waals surface area contributed by atoms with Crippen molar-refractivity contribution in [3.05, 3.63) is 22.9 Å². The van der Waals surface area contributed by atoms with E-state index in [0.29, 0.717) is 5.76 Å². The number of likely N-dealkylation sites (N-methyl/N-ethyl adjacent to an activating group) is 1. The highest BCUT2D eigenvalue weighted by molar-refractivity contribution is 8.03. The first-order valence-electron chi connectivity index (χ1n) is 4.85. The van der Waals surface area contributed by atoms with E-state index in [-0.39, 0.29) is 11.1 Å². The van der Waals surface area contributed by atoms with E-state index in [0.717, 1.165) is 17.3 Å². The molecule has 6 heteroatoms. The van der Waals surface area contributed by atoms with Gasteiger partial charge in [0.15, 0.2) is 5.76 Å². The zero-order chi connectivity index (χ0) is 11.7. The second kappa shape index (κ2) is 4.47. The van der Waals surface area contributed by atoms with Gasteiger partial charge in [-0.3, -0.25) is 9.69 Å². The fraction of sp³-hybridized carbons (Fsp3) is 0.400.